The van der Waals surface area contributed by atoms with Gasteiger partial charge in [-0.05, 0) is 61.7 Å². The van der Waals surface area contributed by atoms with E-state index in [-0.39, 0.29) is 0 Å². The molecule has 5 heteroatoms. The molecule has 0 spiro atoms. The quantitative estimate of drug-likeness (QED) is 0.820. The third-order valence-electron chi connectivity index (χ3n) is 6.19. The largest absolute Gasteiger partial charge is 0.508 e. The number of nitrogens with zero attached hydrogens (tertiary/aromatic N) is 2. The summed E-state index contributed by atoms with van der Waals surface area (Å²) < 4.78 is 0. The van der Waals surface area contributed by atoms with E-state index in [0.29, 0.717) is 41.3 Å². The number of rotatable bonds is 5. The first kappa shape index (κ1) is 17.2. The zero-order valence-corrected chi connectivity index (χ0v) is 15.8. The topological polar surface area (TPSA) is 43.8 Å². The first-order valence-corrected chi connectivity index (χ1v) is 10.7. The number of piperidine rings is 3. The molecule has 0 radical (unpaired) electrons. The Bertz CT molecular complexity index is 630. The molecule has 1 N–H and O–H groups in total. The van der Waals surface area contributed by atoms with Crippen molar-refractivity contribution in [1.82, 2.24) is 9.80 Å². The molecule has 4 nitrogen and oxygen atoms in total. The van der Waals surface area contributed by atoms with Crippen molar-refractivity contribution in [3.05, 3.63) is 29.8 Å². The van der Waals surface area contributed by atoms with Crippen LogP contribution in [0.1, 0.15) is 37.7 Å². The van der Waals surface area contributed by atoms with Crippen molar-refractivity contribution < 1.29 is 9.90 Å². The summed E-state index contributed by atoms with van der Waals surface area (Å²) in [4.78, 5) is 17.7. The summed E-state index contributed by atoms with van der Waals surface area (Å²) in [6.07, 6.45) is 3.56. The van der Waals surface area contributed by atoms with Crippen LogP contribution in [0.15, 0.2) is 24.3 Å². The molecule has 4 aliphatic rings. The maximum Gasteiger partial charge on any atom is 0.232 e. The van der Waals surface area contributed by atoms with Crippen LogP contribution in [0.2, 0.25) is 0 Å². The molecule has 0 saturated carbocycles. The van der Waals surface area contributed by atoms with Gasteiger partial charge in [0.25, 0.3) is 0 Å². The Labute approximate surface area is 154 Å². The minimum absolute atomic E-state index is 0.310. The monoisotopic (exact) mass is 360 g/mol. The number of carbonyl (C=O) groups excluding carboxylic acids is 1. The van der Waals surface area contributed by atoms with Crippen LogP contribution in [-0.2, 0) is 4.79 Å². The average Bonchev–Trinajstić information content (AvgIpc) is 3.06. The summed E-state index contributed by atoms with van der Waals surface area (Å²) >= 11 is 1.76. The van der Waals surface area contributed by atoms with Gasteiger partial charge in [0.1, 0.15) is 5.75 Å². The summed E-state index contributed by atoms with van der Waals surface area (Å²) in [5.41, 5.74) is 1.18. The fraction of sp³-hybridized carbons (Fsp3) is 0.650. The van der Waals surface area contributed by atoms with Gasteiger partial charge in [0.15, 0.2) is 0 Å². The van der Waals surface area contributed by atoms with Gasteiger partial charge in [-0.3, -0.25) is 9.69 Å². The van der Waals surface area contributed by atoms with E-state index in [1.165, 1.54) is 18.4 Å². The molecule has 5 rings (SSSR count). The Morgan fingerprint density at radius 2 is 2.08 bits per heavy atom. The molecule has 4 heterocycles. The highest BCUT2D eigenvalue weighted by molar-refractivity contribution is 7.99. The Kier molecular flexibility index (Phi) is 4.96. The van der Waals surface area contributed by atoms with E-state index in [1.807, 2.05) is 12.1 Å². The normalized spacial score (nSPS) is 33.5. The number of phenols is 1. The van der Waals surface area contributed by atoms with Crippen LogP contribution in [0.3, 0.4) is 0 Å². The average molecular weight is 361 g/mol. The summed E-state index contributed by atoms with van der Waals surface area (Å²) in [6, 6.07) is 8.46. The van der Waals surface area contributed by atoms with Crippen LogP contribution in [-0.4, -0.2) is 64.0 Å². The van der Waals surface area contributed by atoms with Crippen LogP contribution in [0, 0.1) is 5.92 Å². The minimum Gasteiger partial charge on any atom is -0.508 e. The van der Waals surface area contributed by atoms with Crippen molar-refractivity contribution in [3.8, 4) is 5.75 Å². The maximum atomic E-state index is 12.9. The zero-order valence-electron chi connectivity index (χ0n) is 14.9. The highest BCUT2D eigenvalue weighted by Gasteiger charge is 2.54. The van der Waals surface area contributed by atoms with Gasteiger partial charge in [-0.25, -0.2) is 0 Å². The molecule has 25 heavy (non-hydrogen) atoms. The zero-order chi connectivity index (χ0) is 17.4. The van der Waals surface area contributed by atoms with Gasteiger partial charge in [-0.1, -0.05) is 19.1 Å². The number of hydrogen-bond acceptors (Lipinski definition) is 4. The number of phenolic OH excluding ortho intramolecular Hbond substituents is 1. The van der Waals surface area contributed by atoms with Crippen LogP contribution in [0.4, 0.5) is 0 Å². The second-order valence-corrected chi connectivity index (χ2v) is 8.76. The fourth-order valence-electron chi connectivity index (χ4n) is 5.14. The molecule has 1 aromatic carbocycles. The van der Waals surface area contributed by atoms with Gasteiger partial charge in [0.05, 0.1) is 11.8 Å². The Morgan fingerprint density at radius 3 is 2.80 bits per heavy atom. The summed E-state index contributed by atoms with van der Waals surface area (Å²) in [5.74, 6) is 3.27. The minimum atomic E-state index is 0.310. The van der Waals surface area contributed by atoms with Crippen LogP contribution < -0.4 is 0 Å². The van der Waals surface area contributed by atoms with Crippen molar-refractivity contribution in [3.63, 3.8) is 0 Å². The fourth-order valence-corrected chi connectivity index (χ4v) is 5.91. The van der Waals surface area contributed by atoms with E-state index in [0.717, 1.165) is 31.8 Å². The first-order valence-electron chi connectivity index (χ1n) is 9.59. The molecule has 0 aromatic heterocycles. The van der Waals surface area contributed by atoms with Gasteiger partial charge in [-0.2, -0.15) is 11.8 Å². The number of carbonyl (C=O) groups is 1. The van der Waals surface area contributed by atoms with E-state index < -0.39 is 0 Å². The lowest BCUT2D eigenvalue weighted by Crippen LogP contribution is -2.60. The molecule has 0 aliphatic carbocycles. The molecule has 1 aromatic rings. The number of fused-ring (bicyclic) bond motifs is 2. The SMILES string of the molecule is CCCSCC(=O)N1C[C@H](c2cccc(O)c2)[C@H]2[C@@H]1C1CCN2CC1. The second kappa shape index (κ2) is 7.20. The summed E-state index contributed by atoms with van der Waals surface area (Å²) in [5, 5.41) is 9.92. The highest BCUT2D eigenvalue weighted by atomic mass is 32.2. The van der Waals surface area contributed by atoms with E-state index in [1.54, 1.807) is 17.8 Å². The smallest absolute Gasteiger partial charge is 0.232 e. The lowest BCUT2D eigenvalue weighted by Gasteiger charge is -2.51. The van der Waals surface area contributed by atoms with E-state index in [4.69, 9.17) is 0 Å². The van der Waals surface area contributed by atoms with E-state index in [2.05, 4.69) is 22.8 Å². The van der Waals surface area contributed by atoms with Crippen molar-refractivity contribution in [1.29, 1.82) is 0 Å². The van der Waals surface area contributed by atoms with Gasteiger partial charge in [-0.15, -0.1) is 0 Å². The van der Waals surface area contributed by atoms with Crippen LogP contribution >= 0.6 is 11.8 Å². The molecule has 1 amide bonds. The third-order valence-corrected chi connectivity index (χ3v) is 7.33. The molecule has 0 unspecified atom stereocenters. The molecule has 4 saturated heterocycles. The van der Waals surface area contributed by atoms with E-state index >= 15 is 0 Å². The predicted octanol–water partition coefficient (Wildman–Crippen LogP) is 2.92. The van der Waals surface area contributed by atoms with Crippen LogP contribution in [0.5, 0.6) is 5.75 Å². The number of benzene rings is 1. The number of amides is 1. The van der Waals surface area contributed by atoms with Crippen molar-refractivity contribution in [2.45, 2.75) is 44.2 Å². The highest BCUT2D eigenvalue weighted by Crippen LogP contribution is 2.46. The lowest BCUT2D eigenvalue weighted by molar-refractivity contribution is -0.133. The predicted molar refractivity (Wildman–Crippen MR) is 102 cm³/mol. The molecule has 136 valence electrons. The van der Waals surface area contributed by atoms with E-state index in [9.17, 15) is 9.90 Å². The number of aromatic hydroxyl groups is 1. The van der Waals surface area contributed by atoms with Crippen molar-refractivity contribution in [2.75, 3.05) is 31.1 Å². The second-order valence-electron chi connectivity index (χ2n) is 7.65. The summed E-state index contributed by atoms with van der Waals surface area (Å²) in [6.45, 7) is 5.29. The molecule has 3 atom stereocenters. The molecule has 4 fully saturated rings. The molecule has 4 aliphatic heterocycles. The Hall–Kier alpha value is -1.20. The summed E-state index contributed by atoms with van der Waals surface area (Å²) in [7, 11) is 0. The third kappa shape index (κ3) is 3.17. The van der Waals surface area contributed by atoms with Gasteiger partial charge >= 0.3 is 0 Å². The van der Waals surface area contributed by atoms with Gasteiger partial charge in [0, 0.05) is 18.5 Å². The van der Waals surface area contributed by atoms with Gasteiger partial charge < -0.3 is 10.0 Å². The van der Waals surface area contributed by atoms with Crippen molar-refractivity contribution >= 4 is 17.7 Å². The maximum absolute atomic E-state index is 12.9. The Balaban J connectivity index is 1.60. The van der Waals surface area contributed by atoms with Crippen LogP contribution in [0.25, 0.3) is 0 Å². The standard InChI is InChI=1S/C20H28N2O2S/c1-2-10-25-13-18(24)22-12-17(15-4-3-5-16(23)11-15)20-19(22)14-6-8-21(20)9-7-14/h3-5,11,14,17,19-20,23H,2,6-10,12-13H2,1H3/t17-,19+,20+/m1/s1. The molecular formula is C20H28N2O2S. The number of thioether (sulfide) groups is 1. The van der Waals surface area contributed by atoms with Crippen molar-refractivity contribution in [2.24, 2.45) is 5.92 Å². The number of likely N-dealkylation sites (tertiary alicyclic amines) is 1. The Morgan fingerprint density at radius 1 is 1.28 bits per heavy atom. The first-order chi connectivity index (χ1) is 12.2. The lowest BCUT2D eigenvalue weighted by atomic mass is 9.75. The number of hydrogen-bond donors (Lipinski definition) is 1. The molecule has 2 bridgehead atoms. The molecular weight excluding hydrogens is 332 g/mol. The van der Waals surface area contributed by atoms with Gasteiger partial charge in [0.2, 0.25) is 5.91 Å².